The molecule has 0 unspecified atom stereocenters. The van der Waals surface area contributed by atoms with Crippen LogP contribution in [-0.4, -0.2) is 26.2 Å². The van der Waals surface area contributed by atoms with Crippen molar-refractivity contribution in [3.63, 3.8) is 0 Å². The molecule has 0 aromatic heterocycles. The third-order valence-electron chi connectivity index (χ3n) is 4.49. The van der Waals surface area contributed by atoms with E-state index in [1.54, 1.807) is 0 Å². The van der Waals surface area contributed by atoms with E-state index in [1.807, 2.05) is 0 Å². The first-order valence-electron chi connectivity index (χ1n) is 5.54. The first kappa shape index (κ1) is 9.87. The lowest BCUT2D eigenvalue weighted by Gasteiger charge is -2.67. The molecule has 0 aliphatic heterocycles. The Bertz CT molecular complexity index is 350. The molecule has 0 spiro atoms. The zero-order valence-electron chi connectivity index (χ0n) is 9.25. The van der Waals surface area contributed by atoms with Gasteiger partial charge in [0, 0.05) is 0 Å². The van der Waals surface area contributed by atoms with Crippen LogP contribution >= 0.6 is 0 Å². The Kier molecular flexibility index (Phi) is 1.91. The molecule has 0 saturated heterocycles. The fraction of sp³-hybridized carbons (Fsp3) is 0.667. The van der Waals surface area contributed by atoms with E-state index in [9.17, 15) is 9.59 Å². The molecule has 0 aromatic rings. The third-order valence-corrected chi connectivity index (χ3v) is 4.49. The van der Waals surface area contributed by atoms with Crippen LogP contribution in [0.15, 0.2) is 12.2 Å². The predicted octanol–water partition coefficient (Wildman–Crippen LogP) is 0.627. The fourth-order valence-corrected chi connectivity index (χ4v) is 3.83. The molecule has 4 heteroatoms. The molecular formula is C12H14O4. The maximum Gasteiger partial charge on any atom is 0.309 e. The smallest absolute Gasteiger partial charge is 0.309 e. The zero-order valence-corrected chi connectivity index (χ0v) is 9.25. The Balaban J connectivity index is 1.80. The molecule has 16 heavy (non-hydrogen) atoms. The molecule has 0 radical (unpaired) electrons. The van der Waals surface area contributed by atoms with Crippen LogP contribution in [0.5, 0.6) is 0 Å². The van der Waals surface area contributed by atoms with Crippen molar-refractivity contribution < 1.29 is 19.1 Å². The van der Waals surface area contributed by atoms with Crippen molar-refractivity contribution in [3.05, 3.63) is 12.2 Å². The monoisotopic (exact) mass is 222 g/mol. The minimum atomic E-state index is -0.135. The summed E-state index contributed by atoms with van der Waals surface area (Å²) in [6, 6.07) is 0. The maximum atomic E-state index is 11.5. The van der Waals surface area contributed by atoms with Gasteiger partial charge in [0.25, 0.3) is 0 Å². The average molecular weight is 222 g/mol. The van der Waals surface area contributed by atoms with Crippen LogP contribution in [0.1, 0.15) is 0 Å². The van der Waals surface area contributed by atoms with Crippen LogP contribution < -0.4 is 0 Å². The van der Waals surface area contributed by atoms with Crippen molar-refractivity contribution in [1.82, 2.24) is 0 Å². The average Bonchev–Trinajstić information content (AvgIpc) is 2.33. The highest BCUT2D eigenvalue weighted by Gasteiger charge is 2.71. The van der Waals surface area contributed by atoms with Crippen molar-refractivity contribution in [2.45, 2.75) is 0 Å². The van der Waals surface area contributed by atoms with E-state index >= 15 is 0 Å². The number of carbonyl (C=O) groups is 2. The highest BCUT2D eigenvalue weighted by molar-refractivity contribution is 5.81. The largest absolute Gasteiger partial charge is 0.469 e. The van der Waals surface area contributed by atoms with Crippen LogP contribution in [0, 0.1) is 35.5 Å². The molecule has 2 saturated carbocycles. The highest BCUT2D eigenvalue weighted by atomic mass is 16.5. The molecule has 0 amide bonds. The molecule has 4 bridgehead atoms. The number of carbonyl (C=O) groups excluding carboxylic acids is 2. The van der Waals surface area contributed by atoms with Gasteiger partial charge in [0.1, 0.15) is 0 Å². The van der Waals surface area contributed by atoms with E-state index in [0.29, 0.717) is 11.8 Å². The number of methoxy groups -OCH3 is 2. The van der Waals surface area contributed by atoms with Crippen LogP contribution in [0.4, 0.5) is 0 Å². The van der Waals surface area contributed by atoms with Gasteiger partial charge in [0.2, 0.25) is 0 Å². The standard InChI is InChI=1S/C12H14O4/c1-15-11(13)9-5-3-4-6-7(9)8(5)10(6)12(14)16-2/h3-10H,1-2H3/t5-,6+,7-,8+,9-,10+. The molecule has 2 fully saturated rings. The van der Waals surface area contributed by atoms with Gasteiger partial charge in [-0.2, -0.15) is 0 Å². The molecule has 0 aromatic carbocycles. The maximum absolute atomic E-state index is 11.5. The summed E-state index contributed by atoms with van der Waals surface area (Å²) in [5.41, 5.74) is 0. The molecular weight excluding hydrogens is 208 g/mol. The highest BCUT2D eigenvalue weighted by Crippen LogP contribution is 2.69. The van der Waals surface area contributed by atoms with E-state index in [-0.39, 0.29) is 35.6 Å². The van der Waals surface area contributed by atoms with Crippen molar-refractivity contribution in [2.24, 2.45) is 35.5 Å². The van der Waals surface area contributed by atoms with Crippen molar-refractivity contribution in [3.8, 4) is 0 Å². The Morgan fingerprint density at radius 1 is 0.875 bits per heavy atom. The number of rotatable bonds is 2. The van der Waals surface area contributed by atoms with E-state index in [0.717, 1.165) is 0 Å². The Morgan fingerprint density at radius 2 is 1.25 bits per heavy atom. The minimum absolute atomic E-state index is 0.0223. The summed E-state index contributed by atoms with van der Waals surface area (Å²) in [6.45, 7) is 0. The summed E-state index contributed by atoms with van der Waals surface area (Å²) in [5.74, 6) is 0.681. The molecule has 6 atom stereocenters. The van der Waals surface area contributed by atoms with Gasteiger partial charge in [-0.3, -0.25) is 9.59 Å². The quantitative estimate of drug-likeness (QED) is 0.508. The Labute approximate surface area is 93.6 Å². The lowest BCUT2D eigenvalue weighted by Crippen LogP contribution is -2.69. The molecule has 86 valence electrons. The number of hydrogen-bond donors (Lipinski definition) is 0. The molecule has 4 aliphatic carbocycles. The lowest BCUT2D eigenvalue weighted by molar-refractivity contribution is -0.215. The molecule has 4 aliphatic rings. The Morgan fingerprint density at radius 3 is 1.50 bits per heavy atom. The summed E-state index contributed by atoms with van der Waals surface area (Å²) >= 11 is 0. The third kappa shape index (κ3) is 0.907. The molecule has 4 rings (SSSR count). The first-order chi connectivity index (χ1) is 7.70. The topological polar surface area (TPSA) is 52.6 Å². The molecule has 0 heterocycles. The predicted molar refractivity (Wildman–Crippen MR) is 54.1 cm³/mol. The second-order valence-electron chi connectivity index (χ2n) is 4.79. The van der Waals surface area contributed by atoms with Gasteiger partial charge in [0.05, 0.1) is 26.1 Å². The van der Waals surface area contributed by atoms with Crippen molar-refractivity contribution >= 4 is 11.9 Å². The fourth-order valence-electron chi connectivity index (χ4n) is 3.83. The number of ether oxygens (including phenoxy) is 2. The van der Waals surface area contributed by atoms with Crippen molar-refractivity contribution in [1.29, 1.82) is 0 Å². The number of hydrogen-bond acceptors (Lipinski definition) is 4. The summed E-state index contributed by atoms with van der Waals surface area (Å²) in [5, 5.41) is 0. The second-order valence-corrected chi connectivity index (χ2v) is 4.79. The Hall–Kier alpha value is -1.32. The lowest BCUT2D eigenvalue weighted by atomic mass is 9.35. The van der Waals surface area contributed by atoms with E-state index in [1.165, 1.54) is 14.2 Å². The van der Waals surface area contributed by atoms with Gasteiger partial charge in [-0.25, -0.2) is 0 Å². The molecule has 0 N–H and O–H groups in total. The normalized spacial score (nSPS) is 46.4. The van der Waals surface area contributed by atoms with Crippen LogP contribution in [0.2, 0.25) is 0 Å². The van der Waals surface area contributed by atoms with Gasteiger partial charge in [-0.15, -0.1) is 0 Å². The second kappa shape index (κ2) is 3.09. The van der Waals surface area contributed by atoms with Crippen molar-refractivity contribution in [2.75, 3.05) is 14.2 Å². The molecule has 4 nitrogen and oxygen atoms in total. The van der Waals surface area contributed by atoms with Crippen LogP contribution in [0.25, 0.3) is 0 Å². The number of esters is 2. The summed E-state index contributed by atoms with van der Waals surface area (Å²) in [4.78, 5) is 23.1. The van der Waals surface area contributed by atoms with Gasteiger partial charge < -0.3 is 9.47 Å². The van der Waals surface area contributed by atoms with E-state index < -0.39 is 0 Å². The van der Waals surface area contributed by atoms with Gasteiger partial charge in [-0.05, 0) is 23.7 Å². The van der Waals surface area contributed by atoms with Crippen LogP contribution in [0.3, 0.4) is 0 Å². The minimum Gasteiger partial charge on any atom is -0.469 e. The first-order valence-corrected chi connectivity index (χ1v) is 5.54. The van der Waals surface area contributed by atoms with Gasteiger partial charge >= 0.3 is 11.9 Å². The van der Waals surface area contributed by atoms with Gasteiger partial charge in [0.15, 0.2) is 0 Å². The van der Waals surface area contributed by atoms with Gasteiger partial charge in [-0.1, -0.05) is 12.2 Å². The number of allylic oxidation sites excluding steroid dienone is 2. The van der Waals surface area contributed by atoms with E-state index in [4.69, 9.17) is 9.47 Å². The zero-order chi connectivity index (χ0) is 11.4. The SMILES string of the molecule is COC(=O)[C@@H]1[C@@H]2C=C[C@@H]3[C@H](C(=O)OC)[C@@H]2[C@@H]31. The van der Waals surface area contributed by atoms with E-state index in [2.05, 4.69) is 12.2 Å². The summed E-state index contributed by atoms with van der Waals surface area (Å²) in [7, 11) is 2.84. The van der Waals surface area contributed by atoms with Crippen LogP contribution in [-0.2, 0) is 19.1 Å². The summed E-state index contributed by atoms with van der Waals surface area (Å²) in [6.07, 6.45) is 4.13. The summed E-state index contributed by atoms with van der Waals surface area (Å²) < 4.78 is 9.58.